The number of aliphatic imine (C=N–C) groups is 1. The molecule has 2 heterocycles. The van der Waals surface area contributed by atoms with Gasteiger partial charge < -0.3 is 18.9 Å². The van der Waals surface area contributed by atoms with Crippen LogP contribution < -0.4 is 0 Å². The van der Waals surface area contributed by atoms with Crippen LogP contribution in [0.25, 0.3) is 5.70 Å². The Labute approximate surface area is 217 Å². The average Bonchev–Trinajstić information content (AvgIpc) is 3.25. The topological polar surface area (TPSA) is 83.4 Å². The van der Waals surface area contributed by atoms with Gasteiger partial charge in [-0.15, -0.1) is 0 Å². The molecule has 3 atom stereocenters. The number of carbonyl (C=O) groups is 2. The largest absolute Gasteiger partial charge is 0.463 e. The minimum absolute atomic E-state index is 0.0227. The third-order valence-corrected chi connectivity index (χ3v) is 6.06. The van der Waals surface area contributed by atoms with Gasteiger partial charge >= 0.3 is 11.9 Å². The Hall–Kier alpha value is -3.73. The Balaban J connectivity index is 1.74. The molecule has 0 spiro atoms. The molecule has 1 saturated heterocycles. The summed E-state index contributed by atoms with van der Waals surface area (Å²) in [6.45, 7) is 7.63. The predicted molar refractivity (Wildman–Crippen MR) is 139 cm³/mol. The molecule has 1 fully saturated rings. The maximum absolute atomic E-state index is 13.5. The maximum atomic E-state index is 13.5. The summed E-state index contributed by atoms with van der Waals surface area (Å²) in [5, 5.41) is 0. The van der Waals surface area contributed by atoms with Crippen molar-refractivity contribution in [2.24, 2.45) is 16.8 Å². The fourth-order valence-corrected chi connectivity index (χ4v) is 4.36. The van der Waals surface area contributed by atoms with Crippen LogP contribution in [0.15, 0.2) is 71.2 Å². The summed E-state index contributed by atoms with van der Waals surface area (Å²) in [4.78, 5) is 31.5. The fraction of sp³-hybridized carbons (Fsp3) is 0.367. The number of rotatable bonds is 6. The van der Waals surface area contributed by atoms with Crippen molar-refractivity contribution in [3.63, 3.8) is 0 Å². The first kappa shape index (κ1) is 26.3. The molecule has 2 aliphatic heterocycles. The van der Waals surface area contributed by atoms with E-state index in [0.717, 1.165) is 11.1 Å². The molecular weight excluding hydrogens is 470 g/mol. The monoisotopic (exact) mass is 501 g/mol. The van der Waals surface area contributed by atoms with E-state index in [1.807, 2.05) is 74.5 Å². The molecule has 0 aliphatic carbocycles. The first-order valence-corrected chi connectivity index (χ1v) is 12.4. The van der Waals surface area contributed by atoms with E-state index in [9.17, 15) is 9.59 Å². The standard InChI is InChI=1S/C30H31NO6/c1-5-34-29(33)26-24(17-16-21-12-8-6-9-13-21)25(20(2)31-27(26)22-14-10-7-11-15-22)28(32)35-18-23-19-36-30(3,4)37-23/h6-15,23-25H,5,18-19H2,1-4H3/t23-,24+,25?/m0/s1. The van der Waals surface area contributed by atoms with Crippen LogP contribution in [0, 0.1) is 23.7 Å². The summed E-state index contributed by atoms with van der Waals surface area (Å²) < 4.78 is 22.4. The van der Waals surface area contributed by atoms with Crippen LogP contribution >= 0.6 is 0 Å². The van der Waals surface area contributed by atoms with E-state index >= 15 is 0 Å². The molecule has 7 heteroatoms. The summed E-state index contributed by atoms with van der Waals surface area (Å²) in [7, 11) is 0. The second-order valence-corrected chi connectivity index (χ2v) is 9.27. The van der Waals surface area contributed by atoms with Crippen molar-refractivity contribution < 1.29 is 28.5 Å². The Morgan fingerprint density at radius 1 is 1.05 bits per heavy atom. The van der Waals surface area contributed by atoms with Crippen LogP contribution in [0.4, 0.5) is 0 Å². The Bertz CT molecular complexity index is 1250. The van der Waals surface area contributed by atoms with E-state index in [1.165, 1.54) is 0 Å². The highest BCUT2D eigenvalue weighted by Gasteiger charge is 2.42. The minimum Gasteiger partial charge on any atom is -0.463 e. The molecule has 2 aromatic carbocycles. The summed E-state index contributed by atoms with van der Waals surface area (Å²) in [6.07, 6.45) is -0.381. The molecule has 0 bridgehead atoms. The normalized spacial score (nSPS) is 22.5. The lowest BCUT2D eigenvalue weighted by Gasteiger charge is -2.29. The lowest BCUT2D eigenvalue weighted by Crippen LogP contribution is -2.38. The van der Waals surface area contributed by atoms with Gasteiger partial charge in [-0.05, 0) is 39.8 Å². The van der Waals surface area contributed by atoms with Gasteiger partial charge in [-0.3, -0.25) is 9.79 Å². The molecule has 2 aliphatic rings. The SMILES string of the molecule is CCOC(=O)C1=C(c2ccccc2)N=C(C)C(C(=O)OC[C@H]2COC(C)(C)O2)[C@H]1C#Cc1ccccc1. The highest BCUT2D eigenvalue weighted by atomic mass is 16.7. The zero-order valence-electron chi connectivity index (χ0n) is 21.5. The van der Waals surface area contributed by atoms with E-state index in [1.54, 1.807) is 13.8 Å². The molecule has 1 unspecified atom stereocenters. The summed E-state index contributed by atoms with van der Waals surface area (Å²) in [5.74, 6) is 2.78. The van der Waals surface area contributed by atoms with Gasteiger partial charge in [0.05, 0.1) is 30.4 Å². The molecule has 192 valence electrons. The van der Waals surface area contributed by atoms with E-state index < -0.39 is 29.6 Å². The minimum atomic E-state index is -0.890. The third kappa shape index (κ3) is 6.34. The number of benzene rings is 2. The maximum Gasteiger partial charge on any atom is 0.337 e. The van der Waals surface area contributed by atoms with Gasteiger partial charge in [0.15, 0.2) is 5.79 Å². The number of esters is 2. The van der Waals surface area contributed by atoms with Crippen LogP contribution in [0.2, 0.25) is 0 Å². The molecule has 0 amide bonds. The van der Waals surface area contributed by atoms with Gasteiger partial charge in [0.2, 0.25) is 0 Å². The molecule has 7 nitrogen and oxygen atoms in total. The summed E-state index contributed by atoms with van der Waals surface area (Å²) in [6, 6.07) is 18.8. The highest BCUT2D eigenvalue weighted by molar-refractivity contribution is 6.11. The van der Waals surface area contributed by atoms with Gasteiger partial charge in [-0.2, -0.15) is 0 Å². The average molecular weight is 502 g/mol. The van der Waals surface area contributed by atoms with Crippen LogP contribution in [0.5, 0.6) is 0 Å². The van der Waals surface area contributed by atoms with E-state index in [4.69, 9.17) is 23.9 Å². The Morgan fingerprint density at radius 3 is 2.35 bits per heavy atom. The van der Waals surface area contributed by atoms with Crippen LogP contribution in [-0.4, -0.2) is 49.4 Å². The van der Waals surface area contributed by atoms with E-state index in [-0.39, 0.29) is 24.9 Å². The molecule has 0 radical (unpaired) electrons. The molecule has 0 saturated carbocycles. The lowest BCUT2D eigenvalue weighted by molar-refractivity contribution is -0.160. The van der Waals surface area contributed by atoms with Gasteiger partial charge in [0.25, 0.3) is 0 Å². The first-order chi connectivity index (χ1) is 17.8. The van der Waals surface area contributed by atoms with Crippen molar-refractivity contribution in [2.45, 2.75) is 39.6 Å². The van der Waals surface area contributed by atoms with Gasteiger partial charge in [0, 0.05) is 16.8 Å². The quantitative estimate of drug-likeness (QED) is 0.431. The van der Waals surface area contributed by atoms with Crippen LogP contribution in [-0.2, 0) is 28.5 Å². The molecule has 0 N–H and O–H groups in total. The van der Waals surface area contributed by atoms with Crippen molar-refractivity contribution in [1.82, 2.24) is 0 Å². The van der Waals surface area contributed by atoms with Crippen LogP contribution in [0.3, 0.4) is 0 Å². The van der Waals surface area contributed by atoms with Crippen LogP contribution in [0.1, 0.15) is 38.8 Å². The molecule has 0 aromatic heterocycles. The molecule has 37 heavy (non-hydrogen) atoms. The van der Waals surface area contributed by atoms with Crippen molar-refractivity contribution in [3.8, 4) is 11.8 Å². The van der Waals surface area contributed by atoms with Gasteiger partial charge in [0.1, 0.15) is 18.6 Å². The lowest BCUT2D eigenvalue weighted by atomic mass is 9.79. The Kier molecular flexibility index (Phi) is 8.22. The number of ether oxygens (including phenoxy) is 4. The zero-order valence-corrected chi connectivity index (χ0v) is 21.5. The second kappa shape index (κ2) is 11.5. The summed E-state index contributed by atoms with van der Waals surface area (Å²) >= 11 is 0. The molecule has 2 aromatic rings. The number of hydrogen-bond donors (Lipinski definition) is 0. The number of hydrogen-bond acceptors (Lipinski definition) is 7. The summed E-state index contributed by atoms with van der Waals surface area (Å²) in [5.41, 5.74) is 2.70. The van der Waals surface area contributed by atoms with E-state index in [0.29, 0.717) is 18.0 Å². The number of nitrogens with zero attached hydrogens (tertiary/aromatic N) is 1. The van der Waals surface area contributed by atoms with Crippen molar-refractivity contribution in [2.75, 3.05) is 19.8 Å². The van der Waals surface area contributed by atoms with E-state index in [2.05, 4.69) is 11.8 Å². The molecule has 4 rings (SSSR count). The highest BCUT2D eigenvalue weighted by Crippen LogP contribution is 2.37. The second-order valence-electron chi connectivity index (χ2n) is 9.27. The smallest absolute Gasteiger partial charge is 0.337 e. The predicted octanol–water partition coefficient (Wildman–Crippen LogP) is 4.41. The molecular formula is C30H31NO6. The van der Waals surface area contributed by atoms with Gasteiger partial charge in [-0.25, -0.2) is 4.79 Å². The first-order valence-electron chi connectivity index (χ1n) is 12.4. The van der Waals surface area contributed by atoms with Crippen molar-refractivity contribution in [3.05, 3.63) is 77.4 Å². The fourth-order valence-electron chi connectivity index (χ4n) is 4.36. The Morgan fingerprint density at radius 2 is 1.73 bits per heavy atom. The van der Waals surface area contributed by atoms with Crippen molar-refractivity contribution >= 4 is 23.3 Å². The number of carbonyl (C=O) groups excluding carboxylic acids is 2. The van der Waals surface area contributed by atoms with Crippen molar-refractivity contribution in [1.29, 1.82) is 0 Å². The van der Waals surface area contributed by atoms with Gasteiger partial charge in [-0.1, -0.05) is 60.4 Å². The third-order valence-electron chi connectivity index (χ3n) is 6.06. The zero-order chi connectivity index (χ0) is 26.4.